The number of hydrogen-bond donors (Lipinski definition) is 1. The van der Waals surface area contributed by atoms with Crippen LogP contribution in [0.1, 0.15) is 66.6 Å². The van der Waals surface area contributed by atoms with Crippen molar-refractivity contribution in [2.75, 3.05) is 7.11 Å². The summed E-state index contributed by atoms with van der Waals surface area (Å²) >= 11 is 0. The minimum absolute atomic E-state index is 0.0207. The van der Waals surface area contributed by atoms with Crippen LogP contribution >= 0.6 is 0 Å². The molecular weight excluding hydrogens is 411 g/mol. The lowest BCUT2D eigenvalue weighted by Gasteiger charge is -2.52. The van der Waals surface area contributed by atoms with Crippen LogP contribution in [0.25, 0.3) is 10.9 Å². The minimum atomic E-state index is -4.67. The number of carboxylic acids is 1. The van der Waals surface area contributed by atoms with Gasteiger partial charge in [0.2, 0.25) is 0 Å². The van der Waals surface area contributed by atoms with Crippen molar-refractivity contribution in [3.8, 4) is 0 Å². The molecule has 1 heterocycles. The Bertz CT molecular complexity index is 1020. The van der Waals surface area contributed by atoms with E-state index in [0.29, 0.717) is 12.5 Å². The molecule has 2 aromatic rings. The highest BCUT2D eigenvalue weighted by Crippen LogP contribution is 2.59. The molecule has 1 aromatic heterocycles. The average Bonchev–Trinajstić information content (AvgIpc) is 2.76. The first-order valence-corrected chi connectivity index (χ1v) is 10.4. The van der Waals surface area contributed by atoms with Gasteiger partial charge in [-0.1, -0.05) is 6.07 Å². The van der Waals surface area contributed by atoms with Gasteiger partial charge >= 0.3 is 18.1 Å². The molecule has 0 saturated heterocycles. The lowest BCUT2D eigenvalue weighted by atomic mass is 9.52. The SMILES string of the molecule is COC(=O)C12CCC(CCc3ccc4nc(C(=O)O)cc(C(F)(F)F)c4c3)(CC1)CC2. The number of fused-ring (bicyclic) bond motifs is 4. The summed E-state index contributed by atoms with van der Waals surface area (Å²) in [5.74, 6) is -1.61. The molecule has 0 amide bonds. The average molecular weight is 435 g/mol. The maximum Gasteiger partial charge on any atom is 0.417 e. The Balaban J connectivity index is 1.56. The van der Waals surface area contributed by atoms with Gasteiger partial charge < -0.3 is 9.84 Å². The fraction of sp³-hybridized carbons (Fsp3) is 0.522. The second kappa shape index (κ2) is 7.50. The minimum Gasteiger partial charge on any atom is -0.477 e. The Morgan fingerprint density at radius 2 is 1.74 bits per heavy atom. The topological polar surface area (TPSA) is 76.5 Å². The number of halogens is 3. The number of aryl methyl sites for hydroxylation is 1. The summed E-state index contributed by atoms with van der Waals surface area (Å²) < 4.78 is 45.7. The van der Waals surface area contributed by atoms with Crippen molar-refractivity contribution in [3.63, 3.8) is 0 Å². The van der Waals surface area contributed by atoms with Gasteiger partial charge in [0.05, 0.1) is 23.6 Å². The third kappa shape index (κ3) is 3.88. The van der Waals surface area contributed by atoms with E-state index >= 15 is 0 Å². The van der Waals surface area contributed by atoms with E-state index in [1.807, 2.05) is 0 Å². The molecule has 166 valence electrons. The van der Waals surface area contributed by atoms with Gasteiger partial charge in [0.15, 0.2) is 0 Å². The predicted octanol–water partition coefficient (Wildman–Crippen LogP) is 5.40. The number of carboxylic acid groups (broad SMARTS) is 1. The Morgan fingerprint density at radius 1 is 1.10 bits per heavy atom. The summed E-state index contributed by atoms with van der Waals surface area (Å²) in [6.45, 7) is 0. The third-order valence-electron chi connectivity index (χ3n) is 7.36. The molecule has 0 radical (unpaired) electrons. The monoisotopic (exact) mass is 435 g/mol. The quantitative estimate of drug-likeness (QED) is 0.637. The highest BCUT2D eigenvalue weighted by Gasteiger charge is 2.52. The molecule has 5 nitrogen and oxygen atoms in total. The smallest absolute Gasteiger partial charge is 0.417 e. The summed E-state index contributed by atoms with van der Waals surface area (Å²) in [4.78, 5) is 27.2. The van der Waals surface area contributed by atoms with Crippen LogP contribution in [-0.4, -0.2) is 29.1 Å². The summed E-state index contributed by atoms with van der Waals surface area (Å²) in [5, 5.41) is 9.01. The molecule has 3 aliphatic rings. The maximum absolute atomic E-state index is 13.6. The van der Waals surface area contributed by atoms with Crippen LogP contribution in [0.4, 0.5) is 13.2 Å². The molecule has 0 spiro atoms. The molecule has 1 N–H and O–H groups in total. The Kier molecular flexibility index (Phi) is 5.22. The second-order valence-corrected chi connectivity index (χ2v) is 8.98. The van der Waals surface area contributed by atoms with Crippen molar-refractivity contribution in [3.05, 3.63) is 41.1 Å². The summed E-state index contributed by atoms with van der Waals surface area (Å²) in [6, 6.07) is 5.27. The zero-order chi connectivity index (χ0) is 22.4. The van der Waals surface area contributed by atoms with Crippen LogP contribution in [0, 0.1) is 10.8 Å². The van der Waals surface area contributed by atoms with Gasteiger partial charge in [0, 0.05) is 5.39 Å². The van der Waals surface area contributed by atoms with Crippen molar-refractivity contribution in [1.29, 1.82) is 0 Å². The van der Waals surface area contributed by atoms with Crippen molar-refractivity contribution in [2.24, 2.45) is 10.8 Å². The molecule has 3 fully saturated rings. The van der Waals surface area contributed by atoms with E-state index in [0.717, 1.165) is 50.5 Å². The van der Waals surface area contributed by atoms with Gasteiger partial charge in [-0.25, -0.2) is 9.78 Å². The van der Waals surface area contributed by atoms with Gasteiger partial charge in [0.1, 0.15) is 5.69 Å². The fourth-order valence-electron chi connectivity index (χ4n) is 5.34. The largest absolute Gasteiger partial charge is 0.477 e. The van der Waals surface area contributed by atoms with Gasteiger partial charge in [0.25, 0.3) is 0 Å². The molecular formula is C23H24F3NO4. The first-order valence-electron chi connectivity index (χ1n) is 10.4. The van der Waals surface area contributed by atoms with Gasteiger partial charge in [-0.2, -0.15) is 13.2 Å². The highest BCUT2D eigenvalue weighted by molar-refractivity contribution is 5.92. The van der Waals surface area contributed by atoms with Gasteiger partial charge in [-0.3, -0.25) is 4.79 Å². The zero-order valence-corrected chi connectivity index (χ0v) is 17.2. The molecule has 0 aliphatic heterocycles. The number of hydrogen-bond acceptors (Lipinski definition) is 4. The van der Waals surface area contributed by atoms with E-state index in [2.05, 4.69) is 4.98 Å². The number of aromatic nitrogens is 1. The number of esters is 1. The molecule has 0 unspecified atom stereocenters. The van der Waals surface area contributed by atoms with Crippen LogP contribution in [0.2, 0.25) is 0 Å². The first-order chi connectivity index (χ1) is 14.6. The summed E-state index contributed by atoms with van der Waals surface area (Å²) in [5.41, 5.74) is -1.05. The van der Waals surface area contributed by atoms with E-state index in [4.69, 9.17) is 9.84 Å². The van der Waals surface area contributed by atoms with Crippen LogP contribution in [0.3, 0.4) is 0 Å². The van der Waals surface area contributed by atoms with Crippen molar-refractivity contribution in [2.45, 2.75) is 57.5 Å². The van der Waals surface area contributed by atoms with Crippen LogP contribution in [-0.2, 0) is 22.1 Å². The third-order valence-corrected chi connectivity index (χ3v) is 7.36. The van der Waals surface area contributed by atoms with Crippen LogP contribution in [0.5, 0.6) is 0 Å². The number of benzene rings is 1. The number of carbonyl (C=O) groups excluding carboxylic acids is 1. The number of methoxy groups -OCH3 is 1. The second-order valence-electron chi connectivity index (χ2n) is 8.98. The predicted molar refractivity (Wildman–Crippen MR) is 107 cm³/mol. The Morgan fingerprint density at radius 3 is 2.29 bits per heavy atom. The molecule has 3 saturated carbocycles. The first kappa shape index (κ1) is 21.6. The fourth-order valence-corrected chi connectivity index (χ4v) is 5.34. The summed E-state index contributed by atoms with van der Waals surface area (Å²) in [6.07, 6.45) is 1.98. The molecule has 8 heteroatoms. The maximum atomic E-state index is 13.6. The number of carbonyl (C=O) groups is 2. The van der Waals surface area contributed by atoms with Crippen LogP contribution < -0.4 is 0 Å². The lowest BCUT2D eigenvalue weighted by molar-refractivity contribution is -0.163. The van der Waals surface area contributed by atoms with Crippen LogP contribution in [0.15, 0.2) is 24.3 Å². The summed E-state index contributed by atoms with van der Waals surface area (Å²) in [7, 11) is 1.43. The lowest BCUT2D eigenvalue weighted by Crippen LogP contribution is -2.46. The van der Waals surface area contributed by atoms with E-state index in [1.165, 1.54) is 19.2 Å². The number of ether oxygens (including phenoxy) is 1. The van der Waals surface area contributed by atoms with Crippen molar-refractivity contribution in [1.82, 2.24) is 4.98 Å². The highest BCUT2D eigenvalue weighted by atomic mass is 19.4. The van der Waals surface area contributed by atoms with Gasteiger partial charge in [-0.05, 0) is 80.5 Å². The molecule has 3 aliphatic carbocycles. The molecule has 0 atom stereocenters. The molecule has 2 bridgehead atoms. The Hall–Kier alpha value is -2.64. The number of alkyl halides is 3. The van der Waals surface area contributed by atoms with Crippen molar-refractivity contribution >= 4 is 22.8 Å². The van der Waals surface area contributed by atoms with E-state index in [-0.39, 0.29) is 27.7 Å². The molecule has 1 aromatic carbocycles. The van der Waals surface area contributed by atoms with E-state index < -0.39 is 23.4 Å². The number of nitrogens with zero attached hydrogens (tertiary/aromatic N) is 1. The standard InChI is InChI=1S/C23H24F3NO4/c1-31-20(30)22-9-6-21(7-10-22,8-11-22)5-4-14-2-3-17-15(12-14)16(23(24,25)26)13-18(27-17)19(28)29/h2-3,12-13H,4-11H2,1H3,(H,28,29). The van der Waals surface area contributed by atoms with E-state index in [9.17, 15) is 22.8 Å². The molecule has 31 heavy (non-hydrogen) atoms. The normalized spacial score (nSPS) is 25.5. The Labute approximate surface area is 177 Å². The van der Waals surface area contributed by atoms with Crippen molar-refractivity contribution < 1.29 is 32.6 Å². The number of aromatic carboxylic acids is 1. The van der Waals surface area contributed by atoms with Gasteiger partial charge in [-0.15, -0.1) is 0 Å². The number of pyridine rings is 1. The zero-order valence-electron chi connectivity index (χ0n) is 17.2. The van der Waals surface area contributed by atoms with E-state index in [1.54, 1.807) is 6.07 Å². The molecule has 5 rings (SSSR count). The number of rotatable bonds is 5.